The Morgan fingerprint density at radius 2 is 1.96 bits per heavy atom. The molecule has 0 atom stereocenters. The Morgan fingerprint density at radius 1 is 1.20 bits per heavy atom. The Morgan fingerprint density at radius 3 is 2.72 bits per heavy atom. The molecule has 1 aromatic carbocycles. The van der Waals surface area contributed by atoms with Crippen LogP contribution in [0.5, 0.6) is 0 Å². The van der Waals surface area contributed by atoms with E-state index < -0.39 is 11.2 Å². The summed E-state index contributed by atoms with van der Waals surface area (Å²) in [7, 11) is 3.85. The first kappa shape index (κ1) is 17.2. The van der Waals surface area contributed by atoms with Crippen molar-refractivity contribution in [1.29, 1.82) is 0 Å². The van der Waals surface area contributed by atoms with Crippen molar-refractivity contribution in [2.45, 2.75) is 32.6 Å². The Labute approximate surface area is 145 Å². The Kier molecular flexibility index (Phi) is 4.85. The summed E-state index contributed by atoms with van der Waals surface area (Å²) in [5, 5.41) is 0. The SMILES string of the molecule is CN1Cc2ccc(CN(C)C(=O)CCn3ccc(=O)[nH]c3=O)cc2C1. The average molecular weight is 342 g/mol. The van der Waals surface area contributed by atoms with Crippen LogP contribution in [0.4, 0.5) is 0 Å². The van der Waals surface area contributed by atoms with E-state index in [2.05, 4.69) is 35.1 Å². The first-order valence-corrected chi connectivity index (χ1v) is 8.25. The fraction of sp³-hybridized carbons (Fsp3) is 0.389. The molecule has 0 spiro atoms. The number of rotatable bonds is 5. The molecule has 0 aliphatic carbocycles. The Hall–Kier alpha value is -2.67. The smallest absolute Gasteiger partial charge is 0.328 e. The van der Waals surface area contributed by atoms with Crippen molar-refractivity contribution >= 4 is 5.91 Å². The molecule has 7 nitrogen and oxygen atoms in total. The van der Waals surface area contributed by atoms with Gasteiger partial charge in [0, 0.05) is 51.9 Å². The van der Waals surface area contributed by atoms with E-state index in [1.807, 2.05) is 0 Å². The predicted molar refractivity (Wildman–Crippen MR) is 94.0 cm³/mol. The highest BCUT2D eigenvalue weighted by atomic mass is 16.2. The lowest BCUT2D eigenvalue weighted by Gasteiger charge is -2.18. The topological polar surface area (TPSA) is 78.4 Å². The van der Waals surface area contributed by atoms with Gasteiger partial charge in [0.2, 0.25) is 5.91 Å². The van der Waals surface area contributed by atoms with Crippen molar-refractivity contribution in [1.82, 2.24) is 19.4 Å². The number of carbonyl (C=O) groups excluding carboxylic acids is 1. The second-order valence-electron chi connectivity index (χ2n) is 6.58. The monoisotopic (exact) mass is 342 g/mol. The predicted octanol–water partition coefficient (Wildman–Crippen LogP) is 0.531. The van der Waals surface area contributed by atoms with Crippen molar-refractivity contribution < 1.29 is 4.79 Å². The normalized spacial score (nSPS) is 13.7. The lowest BCUT2D eigenvalue weighted by atomic mass is 10.1. The van der Waals surface area contributed by atoms with Crippen LogP contribution >= 0.6 is 0 Å². The zero-order valence-electron chi connectivity index (χ0n) is 14.5. The molecule has 1 N–H and O–H groups in total. The number of aryl methyl sites for hydroxylation is 1. The van der Waals surface area contributed by atoms with E-state index in [9.17, 15) is 14.4 Å². The number of aromatic nitrogens is 2. The van der Waals surface area contributed by atoms with Crippen LogP contribution in [0, 0.1) is 0 Å². The van der Waals surface area contributed by atoms with Gasteiger partial charge >= 0.3 is 5.69 Å². The van der Waals surface area contributed by atoms with Crippen LogP contribution in [0.1, 0.15) is 23.1 Å². The quantitative estimate of drug-likeness (QED) is 0.860. The van der Waals surface area contributed by atoms with Gasteiger partial charge < -0.3 is 9.47 Å². The average Bonchev–Trinajstić information content (AvgIpc) is 2.93. The molecule has 0 fully saturated rings. The van der Waals surface area contributed by atoms with Crippen LogP contribution in [0.3, 0.4) is 0 Å². The molecule has 0 saturated heterocycles. The standard InChI is InChI=1S/C18H22N4O3/c1-20-11-14-4-3-13(9-15(14)12-20)10-21(2)17(24)6-8-22-7-5-16(23)19-18(22)25/h3-5,7,9H,6,8,10-12H2,1-2H3,(H,19,23,25). The van der Waals surface area contributed by atoms with E-state index in [1.165, 1.54) is 28.0 Å². The van der Waals surface area contributed by atoms with Crippen molar-refractivity contribution in [2.24, 2.45) is 0 Å². The van der Waals surface area contributed by atoms with Gasteiger partial charge in [-0.2, -0.15) is 0 Å². The zero-order chi connectivity index (χ0) is 18.0. The fourth-order valence-electron chi connectivity index (χ4n) is 3.11. The summed E-state index contributed by atoms with van der Waals surface area (Å²) in [6, 6.07) is 7.63. The lowest BCUT2D eigenvalue weighted by molar-refractivity contribution is -0.130. The minimum Gasteiger partial charge on any atom is -0.341 e. The van der Waals surface area contributed by atoms with Crippen molar-refractivity contribution in [2.75, 3.05) is 14.1 Å². The molecule has 7 heteroatoms. The van der Waals surface area contributed by atoms with E-state index in [0.717, 1.165) is 18.7 Å². The van der Waals surface area contributed by atoms with E-state index >= 15 is 0 Å². The third kappa shape index (κ3) is 4.06. The van der Waals surface area contributed by atoms with E-state index in [-0.39, 0.29) is 18.9 Å². The molecule has 2 heterocycles. The summed E-state index contributed by atoms with van der Waals surface area (Å²) in [6.45, 7) is 2.69. The van der Waals surface area contributed by atoms with Crippen LogP contribution in [0.15, 0.2) is 40.1 Å². The minimum absolute atomic E-state index is 0.0456. The number of nitrogens with one attached hydrogen (secondary N) is 1. The van der Waals surface area contributed by atoms with Gasteiger partial charge in [0.1, 0.15) is 0 Å². The number of nitrogens with zero attached hydrogens (tertiary/aromatic N) is 3. The molecular formula is C18H22N4O3. The molecule has 2 aromatic rings. The number of hydrogen-bond acceptors (Lipinski definition) is 4. The summed E-state index contributed by atoms with van der Waals surface area (Å²) in [5.74, 6) is -0.0456. The summed E-state index contributed by atoms with van der Waals surface area (Å²) in [6.07, 6.45) is 1.61. The van der Waals surface area contributed by atoms with Crippen LogP contribution in [0.2, 0.25) is 0 Å². The molecule has 132 valence electrons. The molecular weight excluding hydrogens is 320 g/mol. The highest BCUT2D eigenvalue weighted by Crippen LogP contribution is 2.22. The van der Waals surface area contributed by atoms with Crippen molar-refractivity contribution in [3.8, 4) is 0 Å². The van der Waals surface area contributed by atoms with E-state index in [1.54, 1.807) is 11.9 Å². The number of aromatic amines is 1. The number of carbonyl (C=O) groups is 1. The third-order valence-corrected chi connectivity index (χ3v) is 4.46. The summed E-state index contributed by atoms with van der Waals surface area (Å²) < 4.78 is 1.33. The number of benzene rings is 1. The summed E-state index contributed by atoms with van der Waals surface area (Å²) in [4.78, 5) is 41.1. The van der Waals surface area contributed by atoms with Gasteiger partial charge in [-0.3, -0.25) is 19.5 Å². The zero-order valence-corrected chi connectivity index (χ0v) is 14.5. The van der Waals surface area contributed by atoms with E-state index in [0.29, 0.717) is 6.54 Å². The highest BCUT2D eigenvalue weighted by molar-refractivity contribution is 5.75. The van der Waals surface area contributed by atoms with Gasteiger partial charge in [-0.05, 0) is 23.7 Å². The van der Waals surface area contributed by atoms with Gasteiger partial charge in [-0.1, -0.05) is 18.2 Å². The molecule has 3 rings (SSSR count). The van der Waals surface area contributed by atoms with Crippen molar-refractivity contribution in [3.05, 3.63) is 68.0 Å². The number of hydrogen-bond donors (Lipinski definition) is 1. The summed E-state index contributed by atoms with van der Waals surface area (Å²) >= 11 is 0. The molecule has 25 heavy (non-hydrogen) atoms. The molecule has 0 saturated carbocycles. The Balaban J connectivity index is 1.58. The molecule has 1 aliphatic heterocycles. The maximum absolute atomic E-state index is 12.3. The van der Waals surface area contributed by atoms with Crippen molar-refractivity contribution in [3.63, 3.8) is 0 Å². The largest absolute Gasteiger partial charge is 0.341 e. The maximum atomic E-state index is 12.3. The van der Waals surface area contributed by atoms with Crippen LogP contribution in [0.25, 0.3) is 0 Å². The minimum atomic E-state index is -0.495. The summed E-state index contributed by atoms with van der Waals surface area (Å²) in [5.41, 5.74) is 2.84. The third-order valence-electron chi connectivity index (χ3n) is 4.46. The molecule has 1 amide bonds. The van der Waals surface area contributed by atoms with Crippen LogP contribution in [-0.2, 0) is 31.0 Å². The lowest BCUT2D eigenvalue weighted by Crippen LogP contribution is -2.32. The number of fused-ring (bicyclic) bond motifs is 1. The van der Waals surface area contributed by atoms with E-state index in [4.69, 9.17) is 0 Å². The molecule has 0 unspecified atom stereocenters. The molecule has 0 radical (unpaired) electrons. The van der Waals surface area contributed by atoms with Gasteiger partial charge in [-0.15, -0.1) is 0 Å². The van der Waals surface area contributed by atoms with Gasteiger partial charge in [0.05, 0.1) is 0 Å². The molecule has 0 bridgehead atoms. The first-order valence-electron chi connectivity index (χ1n) is 8.25. The Bertz CT molecular complexity index is 900. The molecule has 1 aliphatic rings. The van der Waals surface area contributed by atoms with Gasteiger partial charge in [0.15, 0.2) is 0 Å². The fourth-order valence-corrected chi connectivity index (χ4v) is 3.11. The van der Waals surface area contributed by atoms with Gasteiger partial charge in [0.25, 0.3) is 5.56 Å². The van der Waals surface area contributed by atoms with Gasteiger partial charge in [-0.25, -0.2) is 4.79 Å². The first-order chi connectivity index (χ1) is 11.9. The maximum Gasteiger partial charge on any atom is 0.328 e. The second-order valence-corrected chi connectivity index (χ2v) is 6.58. The second kappa shape index (κ2) is 7.06. The number of amides is 1. The van der Waals surface area contributed by atoms with Crippen LogP contribution in [-0.4, -0.2) is 39.4 Å². The number of H-pyrrole nitrogens is 1. The van der Waals surface area contributed by atoms with Crippen LogP contribution < -0.4 is 11.2 Å². The highest BCUT2D eigenvalue weighted by Gasteiger charge is 2.16. The molecule has 1 aromatic heterocycles.